The number of methoxy groups -OCH3 is 2. The highest BCUT2D eigenvalue weighted by Gasteiger charge is 2.55. The molecule has 0 aliphatic carbocycles. The second kappa shape index (κ2) is 9.61. The van der Waals surface area contributed by atoms with Crippen molar-refractivity contribution >= 4 is 11.9 Å². The Bertz CT molecular complexity index is 1330. The van der Waals surface area contributed by atoms with Crippen LogP contribution in [0, 0.1) is 0 Å². The van der Waals surface area contributed by atoms with Crippen molar-refractivity contribution in [3.8, 4) is 11.5 Å². The van der Waals surface area contributed by atoms with Gasteiger partial charge in [0, 0.05) is 55.3 Å². The molecule has 5 rings (SSSR count). The zero-order valence-corrected chi connectivity index (χ0v) is 24.5. The maximum Gasteiger partial charge on any atom is 0.325 e. The fourth-order valence-corrected chi connectivity index (χ4v) is 6.54. The molecule has 2 aromatic rings. The molecule has 3 aliphatic rings. The molecule has 1 aromatic heterocycles. The molecule has 210 valence electrons. The maximum atomic E-state index is 13.9. The first-order valence-electron chi connectivity index (χ1n) is 13.8. The minimum atomic E-state index is -0.445. The molecule has 1 aromatic carbocycles. The molecule has 39 heavy (non-hydrogen) atoms. The van der Waals surface area contributed by atoms with Gasteiger partial charge >= 0.3 is 6.03 Å². The van der Waals surface area contributed by atoms with E-state index in [9.17, 15) is 9.59 Å². The van der Waals surface area contributed by atoms with Crippen LogP contribution in [0.15, 0.2) is 30.0 Å². The summed E-state index contributed by atoms with van der Waals surface area (Å²) in [6, 6.07) is 5.86. The standard InChI is InChI=1S/C30H41N5O4/c1-9-35-28(37)34-18-20-15-21(38-7)16-23(39-8)26(20)19(2)14-25(34)30(35)10-12-33(13-11-30)27(36)22-17-24(29(3,4)5)31-32(22)6/h14-17,19H,9-13,18H2,1-8H3. The predicted molar refractivity (Wildman–Crippen MR) is 149 cm³/mol. The van der Waals surface area contributed by atoms with Gasteiger partial charge in [0.15, 0.2) is 0 Å². The highest BCUT2D eigenvalue weighted by atomic mass is 16.5. The number of piperidine rings is 1. The van der Waals surface area contributed by atoms with Crippen molar-refractivity contribution in [3.05, 3.63) is 52.5 Å². The number of urea groups is 1. The lowest BCUT2D eigenvalue weighted by Gasteiger charge is -2.44. The summed E-state index contributed by atoms with van der Waals surface area (Å²) in [6.07, 6.45) is 3.62. The average Bonchev–Trinajstić information content (AvgIpc) is 3.33. The molecule has 9 heteroatoms. The number of fused-ring (bicyclic) bond motifs is 3. The second-order valence-electron chi connectivity index (χ2n) is 12.0. The second-order valence-corrected chi connectivity index (χ2v) is 12.0. The van der Waals surface area contributed by atoms with Gasteiger partial charge in [0.25, 0.3) is 5.91 Å². The summed E-state index contributed by atoms with van der Waals surface area (Å²) in [5, 5.41) is 4.60. The van der Waals surface area contributed by atoms with Crippen LogP contribution in [0.25, 0.3) is 0 Å². The van der Waals surface area contributed by atoms with Gasteiger partial charge in [-0.1, -0.05) is 33.8 Å². The molecular weight excluding hydrogens is 494 g/mol. The molecular formula is C30H41N5O4. The summed E-state index contributed by atoms with van der Waals surface area (Å²) in [5.74, 6) is 1.53. The van der Waals surface area contributed by atoms with Gasteiger partial charge in [0.05, 0.1) is 32.0 Å². The van der Waals surface area contributed by atoms with Gasteiger partial charge in [-0.05, 0) is 37.5 Å². The Morgan fingerprint density at radius 1 is 1.13 bits per heavy atom. The SMILES string of the molecule is CCN1C(=O)N2Cc3cc(OC)cc(OC)c3C(C)C=C2C12CCN(C(=O)c1cc(C(C)(C)C)nn1C)CC2. The molecule has 2 fully saturated rings. The Kier molecular flexibility index (Phi) is 6.67. The van der Waals surface area contributed by atoms with Crippen molar-refractivity contribution in [1.82, 2.24) is 24.5 Å². The van der Waals surface area contributed by atoms with Crippen LogP contribution in [-0.2, 0) is 19.0 Å². The summed E-state index contributed by atoms with van der Waals surface area (Å²) < 4.78 is 13.0. The van der Waals surface area contributed by atoms with Gasteiger partial charge in [0.1, 0.15) is 17.2 Å². The molecule has 0 bridgehead atoms. The molecule has 0 N–H and O–H groups in total. The van der Waals surface area contributed by atoms with E-state index in [-0.39, 0.29) is 23.3 Å². The van der Waals surface area contributed by atoms with Crippen LogP contribution in [0.5, 0.6) is 11.5 Å². The van der Waals surface area contributed by atoms with E-state index in [4.69, 9.17) is 9.47 Å². The summed E-state index contributed by atoms with van der Waals surface area (Å²) >= 11 is 0. The lowest BCUT2D eigenvalue weighted by Crippen LogP contribution is -2.54. The Labute approximate surface area is 231 Å². The van der Waals surface area contributed by atoms with Crippen LogP contribution >= 0.6 is 0 Å². The van der Waals surface area contributed by atoms with Crippen LogP contribution in [0.2, 0.25) is 0 Å². The third-order valence-corrected chi connectivity index (χ3v) is 8.66. The summed E-state index contributed by atoms with van der Waals surface area (Å²) in [6.45, 7) is 12.7. The Balaban J connectivity index is 1.46. The van der Waals surface area contributed by atoms with Crippen LogP contribution in [0.4, 0.5) is 4.79 Å². The molecule has 2 saturated heterocycles. The maximum absolute atomic E-state index is 13.9. The van der Waals surface area contributed by atoms with Crippen LogP contribution in [0.3, 0.4) is 0 Å². The molecule has 3 aliphatic heterocycles. The molecule has 4 heterocycles. The van der Waals surface area contributed by atoms with Gasteiger partial charge in [-0.2, -0.15) is 5.10 Å². The predicted octanol–water partition coefficient (Wildman–Crippen LogP) is 4.67. The largest absolute Gasteiger partial charge is 0.497 e. The monoisotopic (exact) mass is 535 g/mol. The van der Waals surface area contributed by atoms with E-state index in [2.05, 4.69) is 38.9 Å². The minimum absolute atomic E-state index is 0.00738. The number of likely N-dealkylation sites (N-methyl/N-ethyl adjacent to an activating group) is 1. The van der Waals surface area contributed by atoms with Gasteiger partial charge < -0.3 is 19.3 Å². The number of rotatable bonds is 4. The van der Waals surface area contributed by atoms with Crippen molar-refractivity contribution in [3.63, 3.8) is 0 Å². The fourth-order valence-electron chi connectivity index (χ4n) is 6.54. The van der Waals surface area contributed by atoms with E-state index in [0.29, 0.717) is 50.5 Å². The van der Waals surface area contributed by atoms with Crippen LogP contribution in [-0.4, -0.2) is 75.8 Å². The molecule has 0 saturated carbocycles. The number of nitrogens with zero attached hydrogens (tertiary/aromatic N) is 5. The molecule has 9 nitrogen and oxygen atoms in total. The van der Waals surface area contributed by atoms with E-state index < -0.39 is 5.54 Å². The van der Waals surface area contributed by atoms with Gasteiger partial charge in [-0.15, -0.1) is 0 Å². The number of hydrogen-bond acceptors (Lipinski definition) is 5. The highest BCUT2D eigenvalue weighted by Crippen LogP contribution is 2.49. The van der Waals surface area contributed by atoms with Gasteiger partial charge in [-0.3, -0.25) is 14.4 Å². The third kappa shape index (κ3) is 4.26. The van der Waals surface area contributed by atoms with Crippen molar-refractivity contribution in [2.24, 2.45) is 7.05 Å². The van der Waals surface area contributed by atoms with E-state index in [0.717, 1.165) is 28.3 Å². The van der Waals surface area contributed by atoms with E-state index in [1.165, 1.54) is 0 Å². The number of aromatic nitrogens is 2. The van der Waals surface area contributed by atoms with Gasteiger partial charge in [0.2, 0.25) is 0 Å². The quantitative estimate of drug-likeness (QED) is 0.569. The molecule has 3 amide bonds. The Morgan fingerprint density at radius 3 is 2.38 bits per heavy atom. The van der Waals surface area contributed by atoms with Crippen molar-refractivity contribution in [2.45, 2.75) is 70.9 Å². The zero-order chi connectivity index (χ0) is 28.3. The highest BCUT2D eigenvalue weighted by molar-refractivity contribution is 5.93. The Hall–Kier alpha value is -3.49. The normalized spacial score (nSPS) is 20.5. The number of aryl methyl sites for hydroxylation is 1. The summed E-state index contributed by atoms with van der Waals surface area (Å²) in [4.78, 5) is 33.3. The first kappa shape index (κ1) is 27.1. The van der Waals surface area contributed by atoms with Crippen LogP contribution < -0.4 is 9.47 Å². The van der Waals surface area contributed by atoms with E-state index >= 15 is 0 Å². The smallest absolute Gasteiger partial charge is 0.325 e. The van der Waals surface area contributed by atoms with Gasteiger partial charge in [-0.25, -0.2) is 4.79 Å². The number of allylic oxidation sites excluding steroid dienone is 1. The summed E-state index contributed by atoms with van der Waals surface area (Å²) in [5.41, 5.74) is 4.09. The first-order chi connectivity index (χ1) is 18.4. The van der Waals surface area contributed by atoms with Crippen molar-refractivity contribution < 1.29 is 19.1 Å². The number of ether oxygens (including phenoxy) is 2. The Morgan fingerprint density at radius 2 is 1.82 bits per heavy atom. The molecule has 1 spiro atoms. The lowest BCUT2D eigenvalue weighted by atomic mass is 9.82. The lowest BCUT2D eigenvalue weighted by molar-refractivity contribution is 0.0566. The molecule has 1 unspecified atom stereocenters. The number of carbonyl (C=O) groups excluding carboxylic acids is 2. The number of likely N-dealkylation sites (tertiary alicyclic amines) is 1. The third-order valence-electron chi connectivity index (χ3n) is 8.66. The average molecular weight is 536 g/mol. The number of carbonyl (C=O) groups is 2. The molecule has 0 radical (unpaired) electrons. The topological polar surface area (TPSA) is 80.1 Å². The number of benzene rings is 1. The van der Waals surface area contributed by atoms with Crippen molar-refractivity contribution in [2.75, 3.05) is 33.9 Å². The summed E-state index contributed by atoms with van der Waals surface area (Å²) in [7, 11) is 5.15. The first-order valence-corrected chi connectivity index (χ1v) is 13.8. The fraction of sp³-hybridized carbons (Fsp3) is 0.567. The number of amides is 3. The van der Waals surface area contributed by atoms with Crippen molar-refractivity contribution in [1.29, 1.82) is 0 Å². The zero-order valence-electron chi connectivity index (χ0n) is 24.5. The van der Waals surface area contributed by atoms with E-state index in [1.54, 1.807) is 18.9 Å². The minimum Gasteiger partial charge on any atom is -0.497 e. The molecule has 1 atom stereocenters. The van der Waals surface area contributed by atoms with Crippen LogP contribution in [0.1, 0.15) is 80.7 Å². The number of hydrogen-bond donors (Lipinski definition) is 0. The van der Waals surface area contributed by atoms with E-state index in [1.807, 2.05) is 46.9 Å².